The molecule has 92 valence electrons. The van der Waals surface area contributed by atoms with Crippen LogP contribution in [0.1, 0.15) is 24.4 Å². The van der Waals surface area contributed by atoms with E-state index in [1.807, 2.05) is 25.4 Å². The quantitative estimate of drug-likeness (QED) is 0.866. The average molecular weight is 234 g/mol. The molecule has 0 amide bonds. The average Bonchev–Trinajstić information content (AvgIpc) is 2.41. The summed E-state index contributed by atoms with van der Waals surface area (Å²) in [7, 11) is 3.58. The highest BCUT2D eigenvalue weighted by Crippen LogP contribution is 2.31. The van der Waals surface area contributed by atoms with Gasteiger partial charge in [-0.05, 0) is 31.5 Å². The molecule has 1 aromatic rings. The zero-order valence-electron chi connectivity index (χ0n) is 10.3. The van der Waals surface area contributed by atoms with E-state index in [2.05, 4.69) is 10.3 Å². The number of hydrogen-bond acceptors (Lipinski definition) is 4. The summed E-state index contributed by atoms with van der Waals surface area (Å²) in [6.07, 6.45) is 5.70. The normalized spacial score (nSPS) is 16.9. The Labute approximate surface area is 102 Å². The maximum Gasteiger partial charge on any atom is 0.218 e. The molecule has 0 saturated carbocycles. The maximum atomic E-state index is 5.40. The van der Waals surface area contributed by atoms with Gasteiger partial charge in [-0.25, -0.2) is 4.98 Å². The van der Waals surface area contributed by atoms with Crippen LogP contribution in [0.4, 0.5) is 0 Å². The van der Waals surface area contributed by atoms with Crippen LogP contribution in [0.25, 0.3) is 0 Å². The van der Waals surface area contributed by atoms with Crippen molar-refractivity contribution < 1.29 is 9.47 Å². The van der Waals surface area contributed by atoms with E-state index in [1.54, 1.807) is 13.3 Å². The lowest BCUT2D eigenvalue weighted by Crippen LogP contribution is -2.21. The third-order valence-electron chi connectivity index (χ3n) is 2.93. The molecule has 1 atom stereocenters. The molecule has 17 heavy (non-hydrogen) atoms. The first-order chi connectivity index (χ1) is 8.36. The molecule has 1 aliphatic rings. The Morgan fingerprint density at radius 1 is 1.53 bits per heavy atom. The fourth-order valence-corrected chi connectivity index (χ4v) is 2.13. The summed E-state index contributed by atoms with van der Waals surface area (Å²) in [5.41, 5.74) is 2.29. The van der Waals surface area contributed by atoms with Gasteiger partial charge in [0.05, 0.1) is 26.0 Å². The van der Waals surface area contributed by atoms with Gasteiger partial charge in [0.2, 0.25) is 5.88 Å². The van der Waals surface area contributed by atoms with E-state index < -0.39 is 0 Å². The third kappa shape index (κ3) is 2.58. The lowest BCUT2D eigenvalue weighted by Gasteiger charge is -2.24. The Kier molecular flexibility index (Phi) is 3.98. The first-order valence-electron chi connectivity index (χ1n) is 5.83. The fraction of sp³-hybridized carbons (Fsp3) is 0.462. The van der Waals surface area contributed by atoms with Crippen LogP contribution in [0, 0.1) is 0 Å². The van der Waals surface area contributed by atoms with E-state index in [4.69, 9.17) is 9.47 Å². The molecule has 4 heteroatoms. The van der Waals surface area contributed by atoms with Crippen molar-refractivity contribution in [2.24, 2.45) is 0 Å². The predicted molar refractivity (Wildman–Crippen MR) is 65.9 cm³/mol. The number of methoxy groups -OCH3 is 1. The summed E-state index contributed by atoms with van der Waals surface area (Å²) >= 11 is 0. The Bertz CT molecular complexity index is 404. The van der Waals surface area contributed by atoms with Gasteiger partial charge in [0, 0.05) is 11.8 Å². The molecule has 0 radical (unpaired) electrons. The second-order valence-corrected chi connectivity index (χ2v) is 3.99. The molecule has 1 N–H and O–H groups in total. The van der Waals surface area contributed by atoms with Crippen molar-refractivity contribution in [2.45, 2.75) is 18.9 Å². The van der Waals surface area contributed by atoms with Gasteiger partial charge in [0.15, 0.2) is 0 Å². The molecule has 4 nitrogen and oxygen atoms in total. The third-order valence-corrected chi connectivity index (χ3v) is 2.93. The largest absolute Gasteiger partial charge is 0.501 e. The fourth-order valence-electron chi connectivity index (χ4n) is 2.13. The Morgan fingerprint density at radius 3 is 3.06 bits per heavy atom. The minimum absolute atomic E-state index is 0.110. The van der Waals surface area contributed by atoms with Gasteiger partial charge in [-0.2, -0.15) is 0 Å². The summed E-state index contributed by atoms with van der Waals surface area (Å²) in [4.78, 5) is 4.23. The van der Waals surface area contributed by atoms with Gasteiger partial charge in [-0.1, -0.05) is 6.07 Å². The standard InChI is InChI=1S/C13H18N2O2/c1-14-12(10-5-4-8-17-9-10)11-6-3-7-15-13(11)16-2/h3,6-7,9,12,14H,4-5,8H2,1-2H3. The van der Waals surface area contributed by atoms with Crippen LogP contribution in [-0.2, 0) is 4.74 Å². The van der Waals surface area contributed by atoms with Crippen molar-refractivity contribution in [1.29, 1.82) is 0 Å². The smallest absolute Gasteiger partial charge is 0.218 e. The van der Waals surface area contributed by atoms with Gasteiger partial charge in [0.25, 0.3) is 0 Å². The molecule has 0 aliphatic carbocycles. The zero-order chi connectivity index (χ0) is 12.1. The number of hydrogen-bond donors (Lipinski definition) is 1. The first kappa shape index (κ1) is 11.9. The minimum atomic E-state index is 0.110. The lowest BCUT2D eigenvalue weighted by atomic mass is 9.96. The lowest BCUT2D eigenvalue weighted by molar-refractivity contribution is 0.219. The minimum Gasteiger partial charge on any atom is -0.501 e. The highest BCUT2D eigenvalue weighted by molar-refractivity contribution is 5.35. The molecule has 0 spiro atoms. The van der Waals surface area contributed by atoms with Crippen LogP contribution in [0.3, 0.4) is 0 Å². The van der Waals surface area contributed by atoms with Crippen molar-refractivity contribution >= 4 is 0 Å². The number of nitrogens with zero attached hydrogens (tertiary/aromatic N) is 1. The molecular formula is C13H18N2O2. The van der Waals surface area contributed by atoms with Gasteiger partial charge in [-0.15, -0.1) is 0 Å². The topological polar surface area (TPSA) is 43.4 Å². The molecule has 0 bridgehead atoms. The van der Waals surface area contributed by atoms with E-state index in [0.29, 0.717) is 5.88 Å². The van der Waals surface area contributed by atoms with Crippen LogP contribution in [-0.4, -0.2) is 25.7 Å². The van der Waals surface area contributed by atoms with E-state index in [0.717, 1.165) is 25.0 Å². The van der Waals surface area contributed by atoms with Gasteiger partial charge in [0.1, 0.15) is 0 Å². The van der Waals surface area contributed by atoms with E-state index in [9.17, 15) is 0 Å². The highest BCUT2D eigenvalue weighted by Gasteiger charge is 2.21. The number of ether oxygens (including phenoxy) is 2. The number of rotatable bonds is 4. The summed E-state index contributed by atoms with van der Waals surface area (Å²) in [6, 6.07) is 4.06. The van der Waals surface area contributed by atoms with Crippen LogP contribution >= 0.6 is 0 Å². The number of pyridine rings is 1. The van der Waals surface area contributed by atoms with Crippen molar-refractivity contribution in [3.05, 3.63) is 35.7 Å². The zero-order valence-corrected chi connectivity index (χ0v) is 10.3. The summed E-state index contributed by atoms with van der Waals surface area (Å²) in [6.45, 7) is 0.810. The molecule has 2 rings (SSSR count). The predicted octanol–water partition coefficient (Wildman–Crippen LogP) is 2.04. The second-order valence-electron chi connectivity index (χ2n) is 3.99. The van der Waals surface area contributed by atoms with E-state index >= 15 is 0 Å². The first-order valence-corrected chi connectivity index (χ1v) is 5.83. The van der Waals surface area contributed by atoms with Crippen molar-refractivity contribution in [3.8, 4) is 5.88 Å². The second kappa shape index (κ2) is 5.68. The van der Waals surface area contributed by atoms with Crippen molar-refractivity contribution in [2.75, 3.05) is 20.8 Å². The molecule has 0 aromatic carbocycles. The number of aromatic nitrogens is 1. The number of nitrogens with one attached hydrogen (secondary N) is 1. The van der Waals surface area contributed by atoms with Crippen molar-refractivity contribution in [3.63, 3.8) is 0 Å². The van der Waals surface area contributed by atoms with Gasteiger partial charge < -0.3 is 14.8 Å². The van der Waals surface area contributed by atoms with Crippen LogP contribution < -0.4 is 10.1 Å². The Hall–Kier alpha value is -1.55. The van der Waals surface area contributed by atoms with Gasteiger partial charge >= 0.3 is 0 Å². The van der Waals surface area contributed by atoms with E-state index in [-0.39, 0.29) is 6.04 Å². The van der Waals surface area contributed by atoms with Crippen LogP contribution in [0.15, 0.2) is 30.2 Å². The van der Waals surface area contributed by atoms with E-state index in [1.165, 1.54) is 5.57 Å². The monoisotopic (exact) mass is 234 g/mol. The SMILES string of the molecule is CNC(C1=COCCC1)c1cccnc1OC. The number of likely N-dealkylation sites (N-methyl/N-ethyl adjacent to an activating group) is 1. The Morgan fingerprint density at radius 2 is 2.41 bits per heavy atom. The molecule has 1 unspecified atom stereocenters. The van der Waals surface area contributed by atoms with Gasteiger partial charge in [-0.3, -0.25) is 0 Å². The highest BCUT2D eigenvalue weighted by atomic mass is 16.5. The van der Waals surface area contributed by atoms with Crippen LogP contribution in [0.2, 0.25) is 0 Å². The summed E-state index contributed by atoms with van der Waals surface area (Å²) in [5, 5.41) is 3.29. The molecular weight excluding hydrogens is 216 g/mol. The summed E-state index contributed by atoms with van der Waals surface area (Å²) < 4.78 is 10.7. The molecule has 2 heterocycles. The van der Waals surface area contributed by atoms with Crippen molar-refractivity contribution in [1.82, 2.24) is 10.3 Å². The molecule has 0 saturated heterocycles. The molecule has 0 fully saturated rings. The van der Waals surface area contributed by atoms with Crippen LogP contribution in [0.5, 0.6) is 5.88 Å². The molecule has 1 aromatic heterocycles. The Balaban J connectivity index is 2.31. The summed E-state index contributed by atoms with van der Waals surface area (Å²) in [5.74, 6) is 0.665. The molecule has 1 aliphatic heterocycles. The maximum absolute atomic E-state index is 5.40.